The van der Waals surface area contributed by atoms with Crippen LogP contribution in [0.25, 0.3) is 0 Å². The second-order valence-corrected chi connectivity index (χ2v) is 6.48. The maximum Gasteiger partial charge on any atom is 0.330 e. The van der Waals surface area contributed by atoms with E-state index in [0.29, 0.717) is 25.1 Å². The Morgan fingerprint density at radius 1 is 1.32 bits per heavy atom. The highest BCUT2D eigenvalue weighted by Gasteiger charge is 2.44. The summed E-state index contributed by atoms with van der Waals surface area (Å²) >= 11 is 0. The molecule has 2 rings (SSSR count). The van der Waals surface area contributed by atoms with E-state index in [0.717, 1.165) is 25.7 Å². The zero-order valence-corrected chi connectivity index (χ0v) is 14.9. The fourth-order valence-corrected chi connectivity index (χ4v) is 3.08. The van der Waals surface area contributed by atoms with Crippen molar-refractivity contribution in [2.24, 2.45) is 5.73 Å². The van der Waals surface area contributed by atoms with Gasteiger partial charge in [0.05, 0.1) is 6.10 Å². The summed E-state index contributed by atoms with van der Waals surface area (Å²) in [4.78, 5) is 25.8. The summed E-state index contributed by atoms with van der Waals surface area (Å²) in [6.45, 7) is 4.77. The normalized spacial score (nSPS) is 26.2. The fourth-order valence-electron chi connectivity index (χ4n) is 3.08. The Morgan fingerprint density at radius 2 is 2.04 bits per heavy atom. The zero-order valence-electron chi connectivity index (χ0n) is 14.9. The molecule has 4 atom stereocenters. The van der Waals surface area contributed by atoms with E-state index in [1.165, 1.54) is 10.8 Å². The highest BCUT2D eigenvalue weighted by molar-refractivity contribution is 5.03. The van der Waals surface area contributed by atoms with Crippen LogP contribution in [-0.2, 0) is 9.47 Å². The number of nitrogens with one attached hydrogen (secondary N) is 1. The van der Waals surface area contributed by atoms with Gasteiger partial charge in [0, 0.05) is 18.4 Å². The molecule has 1 saturated heterocycles. The number of unbranched alkanes of at least 4 members (excludes halogenated alkanes) is 3. The van der Waals surface area contributed by atoms with Crippen LogP contribution in [0.4, 0.5) is 0 Å². The SMILES string of the molecule is CC[C@H]1O[C@@H](n2cc(C)c(=O)[nH]c2=O)[C@@H](O)C1OCCCCCCN. The number of H-pyrrole nitrogens is 1. The lowest BCUT2D eigenvalue weighted by atomic mass is 10.1. The molecule has 0 spiro atoms. The zero-order chi connectivity index (χ0) is 18.4. The summed E-state index contributed by atoms with van der Waals surface area (Å²) in [5.74, 6) is 0. The molecule has 1 unspecified atom stereocenters. The van der Waals surface area contributed by atoms with Crippen molar-refractivity contribution in [2.45, 2.75) is 70.5 Å². The first-order chi connectivity index (χ1) is 12.0. The van der Waals surface area contributed by atoms with Crippen molar-refractivity contribution in [1.29, 1.82) is 0 Å². The lowest BCUT2D eigenvalue weighted by Crippen LogP contribution is -2.39. The smallest absolute Gasteiger partial charge is 0.330 e. The first kappa shape index (κ1) is 19.8. The average Bonchev–Trinajstić information content (AvgIpc) is 2.90. The number of aryl methyl sites for hydroxylation is 1. The van der Waals surface area contributed by atoms with Gasteiger partial charge in [-0.25, -0.2) is 4.79 Å². The summed E-state index contributed by atoms with van der Waals surface area (Å²) < 4.78 is 12.9. The third-order valence-electron chi connectivity index (χ3n) is 4.54. The molecule has 8 heteroatoms. The lowest BCUT2D eigenvalue weighted by Gasteiger charge is -2.20. The number of aromatic amines is 1. The number of aromatic nitrogens is 2. The molecule has 1 aliphatic rings. The van der Waals surface area contributed by atoms with Crippen LogP contribution in [0.2, 0.25) is 0 Å². The number of rotatable bonds is 9. The van der Waals surface area contributed by atoms with Crippen LogP contribution in [0, 0.1) is 6.92 Å². The number of nitrogens with zero attached hydrogens (tertiary/aromatic N) is 1. The summed E-state index contributed by atoms with van der Waals surface area (Å²) in [5.41, 5.74) is 4.81. The standard InChI is InChI=1S/C17H29N3O5/c1-3-12-14(24-9-7-5-4-6-8-18)13(21)16(25-12)20-10-11(2)15(22)19-17(20)23/h10,12-14,16,21H,3-9,18H2,1-2H3,(H,19,22,23)/t12-,13+,14?,16-/m1/s1. The van der Waals surface area contributed by atoms with Crippen molar-refractivity contribution in [3.63, 3.8) is 0 Å². The van der Waals surface area contributed by atoms with Gasteiger partial charge in [-0.2, -0.15) is 0 Å². The van der Waals surface area contributed by atoms with Gasteiger partial charge in [-0.3, -0.25) is 14.3 Å². The molecular weight excluding hydrogens is 326 g/mol. The van der Waals surface area contributed by atoms with E-state index in [4.69, 9.17) is 15.2 Å². The molecule has 0 aromatic carbocycles. The second-order valence-electron chi connectivity index (χ2n) is 6.48. The van der Waals surface area contributed by atoms with E-state index in [9.17, 15) is 14.7 Å². The number of hydrogen-bond donors (Lipinski definition) is 3. The van der Waals surface area contributed by atoms with Crippen LogP contribution < -0.4 is 17.0 Å². The molecule has 8 nitrogen and oxygen atoms in total. The van der Waals surface area contributed by atoms with Gasteiger partial charge < -0.3 is 20.3 Å². The van der Waals surface area contributed by atoms with Gasteiger partial charge in [0.1, 0.15) is 12.2 Å². The minimum Gasteiger partial charge on any atom is -0.386 e. The van der Waals surface area contributed by atoms with Gasteiger partial charge in [0.15, 0.2) is 6.23 Å². The van der Waals surface area contributed by atoms with Crippen molar-refractivity contribution < 1.29 is 14.6 Å². The first-order valence-corrected chi connectivity index (χ1v) is 8.96. The molecular formula is C17H29N3O5. The van der Waals surface area contributed by atoms with Crippen LogP contribution in [0.5, 0.6) is 0 Å². The van der Waals surface area contributed by atoms with Crippen LogP contribution in [0.1, 0.15) is 50.8 Å². The van der Waals surface area contributed by atoms with E-state index in [2.05, 4.69) is 4.98 Å². The topological polar surface area (TPSA) is 120 Å². The predicted octanol–water partition coefficient (Wildman–Crippen LogP) is 0.418. The molecule has 4 N–H and O–H groups in total. The van der Waals surface area contributed by atoms with Gasteiger partial charge >= 0.3 is 5.69 Å². The maximum absolute atomic E-state index is 12.1. The summed E-state index contributed by atoms with van der Waals surface area (Å²) in [6.07, 6.45) is 3.42. The summed E-state index contributed by atoms with van der Waals surface area (Å²) in [5, 5.41) is 10.6. The fraction of sp³-hybridized carbons (Fsp3) is 0.765. The average molecular weight is 355 g/mol. The van der Waals surface area contributed by atoms with Crippen molar-refractivity contribution in [3.8, 4) is 0 Å². The Bertz CT molecular complexity index is 656. The first-order valence-electron chi connectivity index (χ1n) is 8.96. The van der Waals surface area contributed by atoms with E-state index < -0.39 is 29.7 Å². The Hall–Kier alpha value is -1.48. The Morgan fingerprint density at radius 3 is 2.72 bits per heavy atom. The number of ether oxygens (including phenoxy) is 2. The molecule has 1 aromatic rings. The maximum atomic E-state index is 12.1. The van der Waals surface area contributed by atoms with Gasteiger partial charge in [-0.15, -0.1) is 0 Å². The molecule has 25 heavy (non-hydrogen) atoms. The van der Waals surface area contributed by atoms with E-state index in [-0.39, 0.29) is 6.10 Å². The van der Waals surface area contributed by atoms with Gasteiger partial charge in [-0.05, 0) is 32.7 Å². The second kappa shape index (κ2) is 9.28. The Kier molecular flexibility index (Phi) is 7.37. The van der Waals surface area contributed by atoms with Crippen molar-refractivity contribution in [1.82, 2.24) is 9.55 Å². The molecule has 1 fully saturated rings. The molecule has 0 aliphatic carbocycles. The van der Waals surface area contributed by atoms with Gasteiger partial charge in [-0.1, -0.05) is 19.8 Å². The van der Waals surface area contributed by atoms with Crippen LogP contribution in [0.15, 0.2) is 15.8 Å². The highest BCUT2D eigenvalue weighted by Crippen LogP contribution is 2.32. The van der Waals surface area contributed by atoms with E-state index >= 15 is 0 Å². The molecule has 0 saturated carbocycles. The molecule has 1 aromatic heterocycles. The molecule has 0 radical (unpaired) electrons. The Labute approximate surface area is 147 Å². The highest BCUT2D eigenvalue weighted by atomic mass is 16.6. The van der Waals surface area contributed by atoms with Gasteiger partial charge in [0.25, 0.3) is 5.56 Å². The van der Waals surface area contributed by atoms with Crippen molar-refractivity contribution >= 4 is 0 Å². The monoisotopic (exact) mass is 355 g/mol. The third kappa shape index (κ3) is 4.78. The van der Waals surface area contributed by atoms with Crippen molar-refractivity contribution in [2.75, 3.05) is 13.2 Å². The lowest BCUT2D eigenvalue weighted by molar-refractivity contribution is -0.0413. The largest absolute Gasteiger partial charge is 0.386 e. The third-order valence-corrected chi connectivity index (χ3v) is 4.54. The molecule has 1 aliphatic heterocycles. The van der Waals surface area contributed by atoms with Crippen molar-refractivity contribution in [3.05, 3.63) is 32.6 Å². The van der Waals surface area contributed by atoms with E-state index in [1.807, 2.05) is 6.92 Å². The summed E-state index contributed by atoms with van der Waals surface area (Å²) in [7, 11) is 0. The molecule has 0 amide bonds. The van der Waals surface area contributed by atoms with Crippen LogP contribution >= 0.6 is 0 Å². The quantitative estimate of drug-likeness (QED) is 0.552. The minimum atomic E-state index is -0.975. The number of aliphatic hydroxyl groups is 1. The van der Waals surface area contributed by atoms with Gasteiger partial charge in [0.2, 0.25) is 0 Å². The molecule has 2 heterocycles. The van der Waals surface area contributed by atoms with E-state index in [1.54, 1.807) is 6.92 Å². The molecule has 142 valence electrons. The number of nitrogens with two attached hydrogens (primary N) is 1. The van der Waals surface area contributed by atoms with Crippen LogP contribution in [-0.4, -0.2) is 46.1 Å². The Balaban J connectivity index is 2.02. The predicted molar refractivity (Wildman–Crippen MR) is 93.5 cm³/mol. The minimum absolute atomic E-state index is 0.303. The van der Waals surface area contributed by atoms with Crippen LogP contribution in [0.3, 0.4) is 0 Å². The summed E-state index contributed by atoms with van der Waals surface area (Å²) in [6, 6.07) is 0. The number of hydrogen-bond acceptors (Lipinski definition) is 6. The number of aliphatic hydroxyl groups excluding tert-OH is 1. The molecule has 0 bridgehead atoms.